The maximum Gasteiger partial charge on any atom is 0.407 e. The van der Waals surface area contributed by atoms with Crippen LogP contribution in [0.15, 0.2) is 30.3 Å². The molecule has 0 radical (unpaired) electrons. The highest BCUT2D eigenvalue weighted by atomic mass is 35.7. The lowest BCUT2D eigenvalue weighted by molar-refractivity contribution is -2.00. The van der Waals surface area contributed by atoms with Crippen molar-refractivity contribution in [3.8, 4) is 5.69 Å². The first-order valence-corrected chi connectivity index (χ1v) is 6.38. The van der Waals surface area contributed by atoms with Gasteiger partial charge in [0.05, 0.1) is 0 Å². The highest BCUT2D eigenvalue weighted by Crippen LogP contribution is 2.15. The lowest BCUT2D eigenvalue weighted by Crippen LogP contribution is -2.68. The van der Waals surface area contributed by atoms with E-state index in [1.807, 2.05) is 0 Å². The quantitative estimate of drug-likeness (QED) is 0.336. The van der Waals surface area contributed by atoms with Crippen LogP contribution in [0.25, 0.3) is 5.69 Å². The number of aromatic nitrogens is 1. The zero-order valence-electron chi connectivity index (χ0n) is 10.2. The van der Waals surface area contributed by atoms with Gasteiger partial charge in [-0.25, -0.2) is 18.6 Å². The number of nitrogens with zero attached hydrogens (tertiary/aromatic N) is 1. The highest BCUT2D eigenvalue weighted by molar-refractivity contribution is 5.22. The summed E-state index contributed by atoms with van der Waals surface area (Å²) in [6, 6.07) is 6.84. The summed E-state index contributed by atoms with van der Waals surface area (Å²) >= 11 is 0. The van der Waals surface area contributed by atoms with Crippen LogP contribution >= 0.6 is 0 Å². The molecule has 2 aromatic rings. The first-order valence-electron chi connectivity index (χ1n) is 5.14. The van der Waals surface area contributed by atoms with Gasteiger partial charge in [-0.15, -0.1) is 19.0 Å². The van der Waals surface area contributed by atoms with Gasteiger partial charge in [0.1, 0.15) is 0 Å². The number of benzene rings is 1. The van der Waals surface area contributed by atoms with Crippen molar-refractivity contribution in [2.45, 2.75) is 0 Å². The molecule has 0 saturated carbocycles. The van der Waals surface area contributed by atoms with Gasteiger partial charge in [-0.1, -0.05) is 22.8 Å². The molecule has 2 rings (SSSR count). The molecular formula is C11H5ClF5NO4. The molecule has 0 atom stereocenters. The summed E-state index contributed by atoms with van der Waals surface area (Å²) in [5, 5.41) is 0. The minimum absolute atomic E-state index is 0.0216. The first-order chi connectivity index (χ1) is 10.0. The average Bonchev–Trinajstić information content (AvgIpc) is 2.43. The van der Waals surface area contributed by atoms with E-state index in [9.17, 15) is 22.0 Å². The Morgan fingerprint density at radius 3 is 1.41 bits per heavy atom. The second-order valence-electron chi connectivity index (χ2n) is 3.57. The van der Waals surface area contributed by atoms with Crippen LogP contribution in [-0.4, -0.2) is 0 Å². The van der Waals surface area contributed by atoms with Gasteiger partial charge in [-0.2, -0.15) is 13.2 Å². The van der Waals surface area contributed by atoms with E-state index < -0.39 is 39.6 Å². The van der Waals surface area contributed by atoms with Crippen LogP contribution in [-0.2, 0) is 0 Å². The third kappa shape index (κ3) is 4.58. The predicted molar refractivity (Wildman–Crippen MR) is 47.8 cm³/mol. The molecule has 0 N–H and O–H groups in total. The van der Waals surface area contributed by atoms with Crippen molar-refractivity contribution in [1.29, 1.82) is 0 Å². The third-order valence-corrected chi connectivity index (χ3v) is 2.15. The molecule has 0 aliphatic heterocycles. The van der Waals surface area contributed by atoms with Crippen LogP contribution in [0.4, 0.5) is 22.0 Å². The SMILES string of the molecule is Fc1c(F)c(F)[n+](-c2ccccc2)c(F)c1F.[O-][Cl+3]([O-])([O-])[O-]. The summed E-state index contributed by atoms with van der Waals surface area (Å²) in [6.45, 7) is 0. The molecule has 5 nitrogen and oxygen atoms in total. The van der Waals surface area contributed by atoms with Gasteiger partial charge in [0.15, 0.2) is 0 Å². The number of pyridine rings is 1. The Bertz CT molecular complexity index is 631. The highest BCUT2D eigenvalue weighted by Gasteiger charge is 2.34. The van der Waals surface area contributed by atoms with Gasteiger partial charge in [0.25, 0.3) is 11.6 Å². The van der Waals surface area contributed by atoms with Crippen LogP contribution in [0, 0.1) is 39.6 Å². The molecule has 11 heteroatoms. The molecule has 120 valence electrons. The number of hydrogen-bond donors (Lipinski definition) is 0. The number of hydrogen-bond acceptors (Lipinski definition) is 4. The summed E-state index contributed by atoms with van der Waals surface area (Å²) in [7, 11) is -4.94. The van der Waals surface area contributed by atoms with Crippen LogP contribution in [0.5, 0.6) is 0 Å². The molecule has 22 heavy (non-hydrogen) atoms. The fourth-order valence-electron chi connectivity index (χ4n) is 1.36. The van der Waals surface area contributed by atoms with Gasteiger partial charge in [0.2, 0.25) is 11.5 Å². The molecule has 1 heterocycles. The molecule has 0 saturated heterocycles. The van der Waals surface area contributed by atoms with Crippen molar-refractivity contribution in [2.75, 3.05) is 0 Å². The second kappa shape index (κ2) is 6.94. The zero-order chi connectivity index (χ0) is 17.1. The van der Waals surface area contributed by atoms with E-state index in [1.54, 1.807) is 6.07 Å². The van der Waals surface area contributed by atoms with Gasteiger partial charge in [-0.3, -0.25) is 0 Å². The number of para-hydroxylation sites is 1. The zero-order valence-corrected chi connectivity index (χ0v) is 11.0. The molecular weight excluding hydrogens is 341 g/mol. The smallest absolute Gasteiger partial charge is 0.222 e. The monoisotopic (exact) mass is 345 g/mol. The Labute approximate surface area is 121 Å². The number of rotatable bonds is 1. The minimum Gasteiger partial charge on any atom is -0.222 e. The van der Waals surface area contributed by atoms with Gasteiger partial charge < -0.3 is 0 Å². The van der Waals surface area contributed by atoms with Crippen molar-refractivity contribution < 1.29 is 55.4 Å². The van der Waals surface area contributed by atoms with Crippen LogP contribution < -0.4 is 23.2 Å². The molecule has 0 fully saturated rings. The van der Waals surface area contributed by atoms with Crippen molar-refractivity contribution in [2.24, 2.45) is 0 Å². The Morgan fingerprint density at radius 2 is 1.05 bits per heavy atom. The maximum absolute atomic E-state index is 13.3. The second-order valence-corrected chi connectivity index (χ2v) is 4.33. The molecule has 0 aliphatic carbocycles. The number of halogens is 6. The maximum atomic E-state index is 13.3. The third-order valence-electron chi connectivity index (χ3n) is 2.15. The molecule has 0 unspecified atom stereocenters. The normalized spacial score (nSPS) is 11.0. The summed E-state index contributed by atoms with van der Waals surface area (Å²) in [4.78, 5) is 0. The van der Waals surface area contributed by atoms with E-state index in [2.05, 4.69) is 0 Å². The lowest BCUT2D eigenvalue weighted by Gasteiger charge is -2.17. The fourth-order valence-corrected chi connectivity index (χ4v) is 1.36. The topological polar surface area (TPSA) is 96.1 Å². The summed E-state index contributed by atoms with van der Waals surface area (Å²) in [5.74, 6) is -9.95. The van der Waals surface area contributed by atoms with Crippen molar-refractivity contribution in [1.82, 2.24) is 0 Å². The minimum atomic E-state index is -4.94. The predicted octanol–water partition coefficient (Wildman–Crippen LogP) is -2.10. The molecule has 0 aliphatic rings. The van der Waals surface area contributed by atoms with Gasteiger partial charge in [0, 0.05) is 12.1 Å². The Hall–Kier alpha value is -1.85. The van der Waals surface area contributed by atoms with Gasteiger partial charge in [-0.05, 0) is 0 Å². The average molecular weight is 346 g/mol. The molecule has 0 spiro atoms. The van der Waals surface area contributed by atoms with E-state index >= 15 is 0 Å². The first kappa shape index (κ1) is 18.2. The fraction of sp³-hybridized carbons (Fsp3) is 0. The molecule has 1 aromatic carbocycles. The summed E-state index contributed by atoms with van der Waals surface area (Å²) in [5.41, 5.74) is -0.152. The lowest BCUT2D eigenvalue weighted by atomic mass is 10.3. The standard InChI is InChI=1S/C11H5F5N.ClHO4/c12-7-8(13)10(15)17(11(16)9(7)14)6-4-2-1-3-5-6;2-1(3,4)5/h1-5H;(H,2,3,4,5)/q+1;/p-1. The van der Waals surface area contributed by atoms with E-state index in [-0.39, 0.29) is 10.3 Å². The van der Waals surface area contributed by atoms with E-state index in [0.29, 0.717) is 0 Å². The van der Waals surface area contributed by atoms with Crippen molar-refractivity contribution in [3.05, 3.63) is 59.7 Å². The van der Waals surface area contributed by atoms with Crippen LogP contribution in [0.1, 0.15) is 0 Å². The van der Waals surface area contributed by atoms with Crippen molar-refractivity contribution >= 4 is 0 Å². The Morgan fingerprint density at radius 1 is 0.682 bits per heavy atom. The molecule has 0 amide bonds. The Balaban J connectivity index is 0.000000422. The van der Waals surface area contributed by atoms with E-state index in [4.69, 9.17) is 18.6 Å². The van der Waals surface area contributed by atoms with E-state index in [0.717, 1.165) is 0 Å². The molecule has 0 bridgehead atoms. The largest absolute Gasteiger partial charge is 0.407 e. The summed E-state index contributed by atoms with van der Waals surface area (Å²) < 4.78 is 99.2. The van der Waals surface area contributed by atoms with Crippen LogP contribution in [0.2, 0.25) is 0 Å². The Kier molecular flexibility index (Phi) is 5.74. The van der Waals surface area contributed by atoms with Crippen LogP contribution in [0.3, 0.4) is 0 Å². The van der Waals surface area contributed by atoms with Gasteiger partial charge >= 0.3 is 11.9 Å². The van der Waals surface area contributed by atoms with E-state index in [1.165, 1.54) is 24.3 Å². The summed E-state index contributed by atoms with van der Waals surface area (Å²) in [6.07, 6.45) is 0. The van der Waals surface area contributed by atoms with Crippen molar-refractivity contribution in [3.63, 3.8) is 0 Å². The molecule has 1 aromatic heterocycles.